The lowest BCUT2D eigenvalue weighted by Crippen LogP contribution is -1.91. The molecule has 0 unspecified atom stereocenters. The van der Waals surface area contributed by atoms with Crippen LogP contribution in [-0.4, -0.2) is 4.98 Å². The molecule has 0 bridgehead atoms. The van der Waals surface area contributed by atoms with Crippen molar-refractivity contribution in [1.82, 2.24) is 4.98 Å². The van der Waals surface area contributed by atoms with E-state index in [9.17, 15) is 0 Å². The van der Waals surface area contributed by atoms with Crippen LogP contribution in [0.1, 0.15) is 51.8 Å². The van der Waals surface area contributed by atoms with Gasteiger partial charge < -0.3 is 0 Å². The van der Waals surface area contributed by atoms with Gasteiger partial charge in [0.05, 0.1) is 0 Å². The Morgan fingerprint density at radius 2 is 1.85 bits per heavy atom. The highest BCUT2D eigenvalue weighted by molar-refractivity contribution is 5.16. The number of nitrogens with zero attached hydrogens (tertiary/aromatic N) is 1. The monoisotopic (exact) mass is 179 g/mol. The first-order valence-corrected chi connectivity index (χ1v) is 5.19. The van der Waals surface area contributed by atoms with Gasteiger partial charge in [0.2, 0.25) is 0 Å². The van der Waals surface area contributed by atoms with E-state index in [1.54, 1.807) is 0 Å². The Morgan fingerprint density at radius 3 is 2.15 bits per heavy atom. The number of aryl methyl sites for hydroxylation is 1. The highest BCUT2D eigenvalue weighted by atomic mass is 14.7. The van der Waals surface area contributed by atoms with Crippen LogP contribution in [0.5, 0.6) is 0 Å². The van der Waals surface area contributed by atoms with Gasteiger partial charge in [-0.1, -0.05) is 40.7 Å². The van der Waals surface area contributed by atoms with E-state index in [0.29, 0.717) is 5.92 Å². The summed E-state index contributed by atoms with van der Waals surface area (Å²) in [6, 6.07) is 4.27. The molecule has 74 valence electrons. The van der Waals surface area contributed by atoms with Crippen LogP contribution in [0.25, 0.3) is 0 Å². The fourth-order valence-corrected chi connectivity index (χ4v) is 0.987. The van der Waals surface area contributed by atoms with Crippen molar-refractivity contribution in [3.63, 3.8) is 0 Å². The molecule has 1 aromatic rings. The van der Waals surface area contributed by atoms with E-state index in [1.807, 2.05) is 20.0 Å². The summed E-state index contributed by atoms with van der Waals surface area (Å²) in [7, 11) is 0. The van der Waals surface area contributed by atoms with Gasteiger partial charge in [0.15, 0.2) is 0 Å². The predicted molar refractivity (Wildman–Crippen MR) is 59.1 cm³/mol. The summed E-state index contributed by atoms with van der Waals surface area (Å²) in [6.45, 7) is 10.5. The van der Waals surface area contributed by atoms with Crippen LogP contribution in [0.15, 0.2) is 18.3 Å². The summed E-state index contributed by atoms with van der Waals surface area (Å²) in [4.78, 5) is 4.32. The maximum atomic E-state index is 4.32. The standard InChI is InChI=1S/C10H15N.C2H6/c1-4-10-6-5-9(7-11-10)8(2)3;1-2/h5-8H,4H2,1-3H3;1-2H3. The van der Waals surface area contributed by atoms with Crippen molar-refractivity contribution >= 4 is 0 Å². The van der Waals surface area contributed by atoms with E-state index < -0.39 is 0 Å². The van der Waals surface area contributed by atoms with E-state index in [-0.39, 0.29) is 0 Å². The molecule has 0 aliphatic heterocycles. The zero-order valence-electron chi connectivity index (χ0n) is 9.46. The number of hydrogen-bond donors (Lipinski definition) is 0. The minimum Gasteiger partial charge on any atom is -0.261 e. The molecule has 0 amide bonds. The number of hydrogen-bond acceptors (Lipinski definition) is 1. The van der Waals surface area contributed by atoms with E-state index >= 15 is 0 Å². The highest BCUT2D eigenvalue weighted by Crippen LogP contribution is 2.12. The average Bonchev–Trinajstić information content (AvgIpc) is 2.21. The second-order valence-corrected chi connectivity index (χ2v) is 3.09. The molecule has 1 nitrogen and oxygen atoms in total. The fourth-order valence-electron chi connectivity index (χ4n) is 0.987. The van der Waals surface area contributed by atoms with E-state index in [2.05, 4.69) is 37.9 Å². The molecule has 0 fully saturated rings. The molecule has 1 rings (SSSR count). The van der Waals surface area contributed by atoms with Crippen molar-refractivity contribution in [2.75, 3.05) is 0 Å². The summed E-state index contributed by atoms with van der Waals surface area (Å²) in [5.74, 6) is 0.591. The smallest absolute Gasteiger partial charge is 0.0401 e. The van der Waals surface area contributed by atoms with E-state index in [0.717, 1.165) is 6.42 Å². The lowest BCUT2D eigenvalue weighted by molar-refractivity contribution is 0.851. The Morgan fingerprint density at radius 1 is 1.23 bits per heavy atom. The van der Waals surface area contributed by atoms with Crippen LogP contribution >= 0.6 is 0 Å². The minimum atomic E-state index is 0.591. The number of rotatable bonds is 2. The number of pyridine rings is 1. The molecule has 0 aromatic carbocycles. The normalized spacial score (nSPS) is 9.38. The molecule has 1 aromatic heterocycles. The van der Waals surface area contributed by atoms with E-state index in [1.165, 1.54) is 11.3 Å². The van der Waals surface area contributed by atoms with Crippen LogP contribution in [0.4, 0.5) is 0 Å². The van der Waals surface area contributed by atoms with Gasteiger partial charge in [-0.25, -0.2) is 0 Å². The Balaban J connectivity index is 0.000000671. The molecule has 0 aliphatic rings. The van der Waals surface area contributed by atoms with Gasteiger partial charge in [-0.3, -0.25) is 4.98 Å². The Kier molecular flexibility index (Phi) is 6.21. The van der Waals surface area contributed by atoms with Crippen molar-refractivity contribution in [3.05, 3.63) is 29.6 Å². The SMILES string of the molecule is CC.CCc1ccc(C(C)C)cn1. The number of aromatic nitrogens is 1. The Bertz CT molecular complexity index is 211. The quantitative estimate of drug-likeness (QED) is 0.673. The van der Waals surface area contributed by atoms with Gasteiger partial charge in [-0.15, -0.1) is 0 Å². The second-order valence-electron chi connectivity index (χ2n) is 3.09. The van der Waals surface area contributed by atoms with Crippen molar-refractivity contribution in [1.29, 1.82) is 0 Å². The van der Waals surface area contributed by atoms with Crippen molar-refractivity contribution in [2.24, 2.45) is 0 Å². The topological polar surface area (TPSA) is 12.9 Å². The largest absolute Gasteiger partial charge is 0.261 e. The lowest BCUT2D eigenvalue weighted by Gasteiger charge is -2.04. The van der Waals surface area contributed by atoms with Crippen LogP contribution in [0, 0.1) is 0 Å². The highest BCUT2D eigenvalue weighted by Gasteiger charge is 1.97. The lowest BCUT2D eigenvalue weighted by atomic mass is 10.1. The van der Waals surface area contributed by atoms with Crippen molar-refractivity contribution in [2.45, 2.75) is 47.0 Å². The second kappa shape index (κ2) is 6.64. The molecule has 13 heavy (non-hydrogen) atoms. The molecule has 1 heteroatoms. The van der Waals surface area contributed by atoms with Gasteiger partial charge in [0.25, 0.3) is 0 Å². The zero-order chi connectivity index (χ0) is 10.3. The molecule has 1 heterocycles. The van der Waals surface area contributed by atoms with Gasteiger partial charge >= 0.3 is 0 Å². The zero-order valence-corrected chi connectivity index (χ0v) is 9.46. The van der Waals surface area contributed by atoms with Crippen LogP contribution in [0.2, 0.25) is 0 Å². The molecule has 0 spiro atoms. The van der Waals surface area contributed by atoms with Gasteiger partial charge in [0, 0.05) is 11.9 Å². The Labute approximate surface area is 82.2 Å². The third-order valence-corrected chi connectivity index (χ3v) is 1.88. The minimum absolute atomic E-state index is 0.591. The summed E-state index contributed by atoms with van der Waals surface area (Å²) in [6.07, 6.45) is 3.00. The summed E-state index contributed by atoms with van der Waals surface area (Å²) < 4.78 is 0. The van der Waals surface area contributed by atoms with Crippen LogP contribution < -0.4 is 0 Å². The maximum absolute atomic E-state index is 4.32. The molecule has 0 saturated heterocycles. The maximum Gasteiger partial charge on any atom is 0.0401 e. The van der Waals surface area contributed by atoms with Crippen molar-refractivity contribution < 1.29 is 0 Å². The summed E-state index contributed by atoms with van der Waals surface area (Å²) >= 11 is 0. The first-order chi connectivity index (χ1) is 6.24. The van der Waals surface area contributed by atoms with Gasteiger partial charge in [0.1, 0.15) is 0 Å². The molecule has 0 N–H and O–H groups in total. The van der Waals surface area contributed by atoms with Crippen LogP contribution in [0.3, 0.4) is 0 Å². The fraction of sp³-hybridized carbons (Fsp3) is 0.583. The summed E-state index contributed by atoms with van der Waals surface area (Å²) in [5.41, 5.74) is 2.50. The molecular formula is C12H21N. The molecule has 0 aliphatic carbocycles. The Hall–Kier alpha value is -0.850. The third kappa shape index (κ3) is 4.07. The molecule has 0 radical (unpaired) electrons. The molecular weight excluding hydrogens is 158 g/mol. The predicted octanol–water partition coefficient (Wildman–Crippen LogP) is 3.79. The molecule has 0 saturated carbocycles. The first-order valence-electron chi connectivity index (χ1n) is 5.19. The average molecular weight is 179 g/mol. The summed E-state index contributed by atoms with van der Waals surface area (Å²) in [5, 5.41) is 0. The van der Waals surface area contributed by atoms with Crippen LogP contribution in [-0.2, 0) is 6.42 Å². The van der Waals surface area contributed by atoms with Gasteiger partial charge in [-0.2, -0.15) is 0 Å². The van der Waals surface area contributed by atoms with Crippen molar-refractivity contribution in [3.8, 4) is 0 Å². The first kappa shape index (κ1) is 12.2. The van der Waals surface area contributed by atoms with E-state index in [4.69, 9.17) is 0 Å². The third-order valence-electron chi connectivity index (χ3n) is 1.88. The molecule has 0 atom stereocenters. The van der Waals surface area contributed by atoms with Gasteiger partial charge in [-0.05, 0) is 24.0 Å².